The van der Waals surface area contributed by atoms with Crippen molar-refractivity contribution < 1.29 is 4.79 Å². The van der Waals surface area contributed by atoms with Crippen molar-refractivity contribution in [2.75, 3.05) is 11.9 Å². The summed E-state index contributed by atoms with van der Waals surface area (Å²) < 4.78 is 0. The second kappa shape index (κ2) is 4.57. The van der Waals surface area contributed by atoms with Gasteiger partial charge in [-0.3, -0.25) is 4.79 Å². The number of hydrogen-bond donors (Lipinski definition) is 1. The van der Waals surface area contributed by atoms with E-state index in [0.29, 0.717) is 23.6 Å². The fraction of sp³-hybridized carbons (Fsp3) is 0.500. The fourth-order valence-corrected chi connectivity index (χ4v) is 1.74. The van der Waals surface area contributed by atoms with Gasteiger partial charge in [0.15, 0.2) is 6.29 Å². The second-order valence-corrected chi connectivity index (χ2v) is 4.08. The van der Waals surface area contributed by atoms with E-state index in [2.05, 4.69) is 15.3 Å². The van der Waals surface area contributed by atoms with Crippen LogP contribution >= 0.6 is 11.6 Å². The van der Waals surface area contributed by atoms with Crippen molar-refractivity contribution in [3.8, 4) is 0 Å². The van der Waals surface area contributed by atoms with Crippen molar-refractivity contribution in [3.63, 3.8) is 0 Å². The Hall–Kier alpha value is -1.16. The van der Waals surface area contributed by atoms with E-state index >= 15 is 0 Å². The Morgan fingerprint density at radius 1 is 1.53 bits per heavy atom. The average molecular weight is 226 g/mol. The molecule has 0 amide bonds. The molecule has 0 radical (unpaired) electrons. The number of nitrogens with one attached hydrogen (secondary N) is 1. The van der Waals surface area contributed by atoms with Crippen molar-refractivity contribution in [1.82, 2.24) is 9.97 Å². The van der Waals surface area contributed by atoms with E-state index in [4.69, 9.17) is 11.6 Å². The lowest BCUT2D eigenvalue weighted by molar-refractivity contribution is 0.112. The summed E-state index contributed by atoms with van der Waals surface area (Å²) in [6.07, 6.45) is 5.85. The van der Waals surface area contributed by atoms with Gasteiger partial charge in [0.25, 0.3) is 0 Å². The molecule has 1 aliphatic carbocycles. The van der Waals surface area contributed by atoms with Crippen LogP contribution in [0.4, 0.5) is 5.82 Å². The van der Waals surface area contributed by atoms with Crippen molar-refractivity contribution in [3.05, 3.63) is 17.0 Å². The summed E-state index contributed by atoms with van der Waals surface area (Å²) in [6.45, 7) is 0.855. The summed E-state index contributed by atoms with van der Waals surface area (Å²) in [5.41, 5.74) is 0.346. The van der Waals surface area contributed by atoms with Crippen LogP contribution in [0.5, 0.6) is 0 Å². The van der Waals surface area contributed by atoms with Crippen LogP contribution in [-0.4, -0.2) is 22.8 Å². The molecule has 5 heteroatoms. The number of anilines is 1. The zero-order valence-electron chi connectivity index (χ0n) is 8.24. The van der Waals surface area contributed by atoms with Gasteiger partial charge in [0.2, 0.25) is 0 Å². The minimum Gasteiger partial charge on any atom is -0.369 e. The van der Waals surface area contributed by atoms with Crippen LogP contribution < -0.4 is 5.32 Å². The molecule has 0 aromatic carbocycles. The maximum Gasteiger partial charge on any atom is 0.156 e. The molecule has 1 aromatic rings. The van der Waals surface area contributed by atoms with Crippen LogP contribution in [0.15, 0.2) is 6.33 Å². The van der Waals surface area contributed by atoms with Gasteiger partial charge in [-0.15, -0.1) is 0 Å². The molecule has 1 aliphatic rings. The smallest absolute Gasteiger partial charge is 0.156 e. The fourth-order valence-electron chi connectivity index (χ4n) is 1.56. The van der Waals surface area contributed by atoms with Crippen LogP contribution in [-0.2, 0) is 0 Å². The SMILES string of the molecule is O=Cc1c(Cl)ncnc1NCC1CCC1. The van der Waals surface area contributed by atoms with Gasteiger partial charge in [-0.2, -0.15) is 0 Å². The Morgan fingerprint density at radius 2 is 2.33 bits per heavy atom. The molecule has 4 nitrogen and oxygen atoms in total. The Morgan fingerprint density at radius 3 is 2.93 bits per heavy atom. The van der Waals surface area contributed by atoms with Gasteiger partial charge in [-0.25, -0.2) is 9.97 Å². The van der Waals surface area contributed by atoms with Crippen LogP contribution in [0.1, 0.15) is 29.6 Å². The number of hydrogen-bond acceptors (Lipinski definition) is 4. The minimum absolute atomic E-state index is 0.205. The topological polar surface area (TPSA) is 54.9 Å². The maximum absolute atomic E-state index is 10.8. The zero-order valence-corrected chi connectivity index (χ0v) is 9.00. The molecule has 15 heavy (non-hydrogen) atoms. The highest BCUT2D eigenvalue weighted by Crippen LogP contribution is 2.27. The lowest BCUT2D eigenvalue weighted by Crippen LogP contribution is -2.22. The van der Waals surface area contributed by atoms with Crippen LogP contribution in [0.25, 0.3) is 0 Å². The Labute approximate surface area is 93.1 Å². The molecule has 1 saturated carbocycles. The Kier molecular flexibility index (Phi) is 3.16. The van der Waals surface area contributed by atoms with Gasteiger partial charge in [-0.1, -0.05) is 18.0 Å². The quantitative estimate of drug-likeness (QED) is 0.630. The largest absolute Gasteiger partial charge is 0.369 e. The third-order valence-electron chi connectivity index (χ3n) is 2.74. The molecule has 0 spiro atoms. The first kappa shape index (κ1) is 10.4. The highest BCUT2D eigenvalue weighted by Gasteiger charge is 2.18. The number of aldehydes is 1. The molecule has 1 heterocycles. The third kappa shape index (κ3) is 2.26. The Bertz CT molecular complexity index is 366. The summed E-state index contributed by atoms with van der Waals surface area (Å²) in [5, 5.41) is 3.34. The summed E-state index contributed by atoms with van der Waals surface area (Å²) in [7, 11) is 0. The molecule has 1 fully saturated rings. The van der Waals surface area contributed by atoms with Gasteiger partial charge >= 0.3 is 0 Å². The summed E-state index contributed by atoms with van der Waals surface area (Å²) in [4.78, 5) is 18.5. The van der Waals surface area contributed by atoms with Gasteiger partial charge < -0.3 is 5.32 Å². The standard InChI is InChI=1S/C10H12ClN3O/c11-9-8(5-15)10(14-6-13-9)12-4-7-2-1-3-7/h5-7H,1-4H2,(H,12,13,14). The molecule has 1 N–H and O–H groups in total. The summed E-state index contributed by atoms with van der Waals surface area (Å²) in [6, 6.07) is 0. The maximum atomic E-state index is 10.8. The van der Waals surface area contributed by atoms with E-state index in [1.807, 2.05) is 0 Å². The number of carbonyl (C=O) groups is 1. The molecule has 0 atom stereocenters. The molecule has 80 valence electrons. The predicted molar refractivity (Wildman–Crippen MR) is 58.3 cm³/mol. The molecule has 0 bridgehead atoms. The van der Waals surface area contributed by atoms with Gasteiger partial charge in [0.1, 0.15) is 17.3 Å². The first-order valence-corrected chi connectivity index (χ1v) is 5.38. The monoisotopic (exact) mass is 225 g/mol. The number of aromatic nitrogens is 2. The van der Waals surface area contributed by atoms with Gasteiger partial charge in [0, 0.05) is 6.54 Å². The third-order valence-corrected chi connectivity index (χ3v) is 3.04. The molecular formula is C10H12ClN3O. The Balaban J connectivity index is 2.05. The first-order valence-electron chi connectivity index (χ1n) is 5.01. The van der Waals surface area contributed by atoms with E-state index in [1.165, 1.54) is 25.6 Å². The number of carbonyl (C=O) groups excluding carboxylic acids is 1. The van der Waals surface area contributed by atoms with Crippen molar-refractivity contribution >= 4 is 23.7 Å². The lowest BCUT2D eigenvalue weighted by atomic mass is 9.85. The highest BCUT2D eigenvalue weighted by molar-refractivity contribution is 6.32. The number of halogens is 1. The second-order valence-electron chi connectivity index (χ2n) is 3.72. The van der Waals surface area contributed by atoms with Crippen LogP contribution in [0.3, 0.4) is 0 Å². The van der Waals surface area contributed by atoms with Crippen LogP contribution in [0, 0.1) is 5.92 Å². The molecule has 0 unspecified atom stereocenters. The van der Waals surface area contributed by atoms with E-state index in [1.54, 1.807) is 0 Å². The highest BCUT2D eigenvalue weighted by atomic mass is 35.5. The molecule has 2 rings (SSSR count). The van der Waals surface area contributed by atoms with E-state index in [9.17, 15) is 4.79 Å². The predicted octanol–water partition coefficient (Wildman–Crippen LogP) is 2.15. The van der Waals surface area contributed by atoms with Crippen molar-refractivity contribution in [2.45, 2.75) is 19.3 Å². The van der Waals surface area contributed by atoms with Crippen molar-refractivity contribution in [1.29, 1.82) is 0 Å². The molecule has 0 saturated heterocycles. The number of nitrogens with zero attached hydrogens (tertiary/aromatic N) is 2. The molecular weight excluding hydrogens is 214 g/mol. The first-order chi connectivity index (χ1) is 7.31. The van der Waals surface area contributed by atoms with E-state index in [0.717, 1.165) is 6.54 Å². The van der Waals surface area contributed by atoms with Gasteiger partial charge in [0.05, 0.1) is 5.56 Å². The normalized spacial score (nSPS) is 15.8. The number of rotatable bonds is 4. The zero-order chi connectivity index (χ0) is 10.7. The van der Waals surface area contributed by atoms with E-state index < -0.39 is 0 Å². The average Bonchev–Trinajstić information content (AvgIpc) is 2.15. The van der Waals surface area contributed by atoms with E-state index in [-0.39, 0.29) is 5.15 Å². The minimum atomic E-state index is 0.205. The molecule has 0 aliphatic heterocycles. The van der Waals surface area contributed by atoms with Crippen molar-refractivity contribution in [2.24, 2.45) is 5.92 Å². The van der Waals surface area contributed by atoms with Crippen LogP contribution in [0.2, 0.25) is 5.15 Å². The lowest BCUT2D eigenvalue weighted by Gasteiger charge is -2.25. The van der Waals surface area contributed by atoms with Gasteiger partial charge in [-0.05, 0) is 18.8 Å². The molecule has 1 aromatic heterocycles. The summed E-state index contributed by atoms with van der Waals surface area (Å²) in [5.74, 6) is 1.25. The summed E-state index contributed by atoms with van der Waals surface area (Å²) >= 11 is 5.77.